The largest absolute Gasteiger partial charge is 0.396 e. The van der Waals surface area contributed by atoms with Crippen LogP contribution in [0, 0.1) is 19.3 Å². The summed E-state index contributed by atoms with van der Waals surface area (Å²) in [5.41, 5.74) is 3.88. The first kappa shape index (κ1) is 13.5. The Balaban J connectivity index is 1.97. The average Bonchev–Trinajstić information content (AvgIpc) is 2.27. The smallest absolute Gasteiger partial charge is 0.0579 e. The number of ether oxygens (including phenoxy) is 1. The molecule has 0 aliphatic carbocycles. The molecule has 1 heterocycles. The van der Waals surface area contributed by atoms with Crippen molar-refractivity contribution in [3.05, 3.63) is 34.9 Å². The van der Waals surface area contributed by atoms with Crippen molar-refractivity contribution in [3.63, 3.8) is 0 Å². The Morgan fingerprint density at radius 1 is 1.39 bits per heavy atom. The van der Waals surface area contributed by atoms with Gasteiger partial charge in [-0.05, 0) is 31.9 Å². The van der Waals surface area contributed by atoms with Crippen molar-refractivity contribution in [1.82, 2.24) is 5.32 Å². The van der Waals surface area contributed by atoms with E-state index in [1.54, 1.807) is 0 Å². The summed E-state index contributed by atoms with van der Waals surface area (Å²) >= 11 is 0. The lowest BCUT2D eigenvalue weighted by atomic mass is 9.86. The number of hydrogen-bond acceptors (Lipinski definition) is 3. The lowest BCUT2D eigenvalue weighted by Crippen LogP contribution is -2.52. The van der Waals surface area contributed by atoms with E-state index in [0.29, 0.717) is 19.3 Å². The van der Waals surface area contributed by atoms with Crippen LogP contribution in [0.5, 0.6) is 0 Å². The van der Waals surface area contributed by atoms with Crippen LogP contribution in [0.1, 0.15) is 29.7 Å². The molecular formula is C15H23NO2. The molecule has 3 nitrogen and oxygen atoms in total. The van der Waals surface area contributed by atoms with Crippen LogP contribution in [0.2, 0.25) is 0 Å². The minimum absolute atomic E-state index is 0.0626. The van der Waals surface area contributed by atoms with Gasteiger partial charge in [0, 0.05) is 12.6 Å². The van der Waals surface area contributed by atoms with E-state index < -0.39 is 0 Å². The molecule has 1 saturated heterocycles. The minimum atomic E-state index is -0.0626. The van der Waals surface area contributed by atoms with Crippen LogP contribution in [0.4, 0.5) is 0 Å². The number of benzene rings is 1. The van der Waals surface area contributed by atoms with Gasteiger partial charge in [-0.15, -0.1) is 0 Å². The van der Waals surface area contributed by atoms with Crippen LogP contribution in [0.25, 0.3) is 0 Å². The maximum absolute atomic E-state index is 9.39. The molecule has 100 valence electrons. The molecule has 1 aromatic rings. The zero-order valence-electron chi connectivity index (χ0n) is 11.5. The highest BCUT2D eigenvalue weighted by Crippen LogP contribution is 2.27. The first-order valence-electron chi connectivity index (χ1n) is 6.55. The van der Waals surface area contributed by atoms with Crippen molar-refractivity contribution in [3.8, 4) is 0 Å². The Morgan fingerprint density at radius 3 is 2.61 bits per heavy atom. The summed E-state index contributed by atoms with van der Waals surface area (Å²) in [6.07, 6.45) is 0. The van der Waals surface area contributed by atoms with Gasteiger partial charge in [0.1, 0.15) is 0 Å². The van der Waals surface area contributed by atoms with Gasteiger partial charge < -0.3 is 15.2 Å². The lowest BCUT2D eigenvalue weighted by Gasteiger charge is -2.40. The topological polar surface area (TPSA) is 41.5 Å². The third-order valence-corrected chi connectivity index (χ3v) is 3.83. The van der Waals surface area contributed by atoms with Gasteiger partial charge in [0.05, 0.1) is 25.2 Å². The first-order valence-corrected chi connectivity index (χ1v) is 6.55. The molecule has 2 N–H and O–H groups in total. The summed E-state index contributed by atoms with van der Waals surface area (Å²) in [6.45, 7) is 8.75. The quantitative estimate of drug-likeness (QED) is 0.838. The van der Waals surface area contributed by atoms with E-state index >= 15 is 0 Å². The Morgan fingerprint density at radius 2 is 2.11 bits per heavy atom. The fourth-order valence-electron chi connectivity index (χ4n) is 2.43. The van der Waals surface area contributed by atoms with Crippen LogP contribution >= 0.6 is 0 Å². The van der Waals surface area contributed by atoms with Gasteiger partial charge >= 0.3 is 0 Å². The fraction of sp³-hybridized carbons (Fsp3) is 0.600. The zero-order valence-corrected chi connectivity index (χ0v) is 11.5. The van der Waals surface area contributed by atoms with Crippen molar-refractivity contribution in [2.45, 2.75) is 26.8 Å². The third-order valence-electron chi connectivity index (χ3n) is 3.83. The molecule has 0 radical (unpaired) electrons. The van der Waals surface area contributed by atoms with Crippen molar-refractivity contribution < 1.29 is 9.84 Å². The van der Waals surface area contributed by atoms with E-state index in [1.807, 2.05) is 0 Å². The lowest BCUT2D eigenvalue weighted by molar-refractivity contribution is -0.135. The Kier molecular flexibility index (Phi) is 4.05. The molecule has 0 spiro atoms. The monoisotopic (exact) mass is 249 g/mol. The summed E-state index contributed by atoms with van der Waals surface area (Å²) < 4.78 is 5.21. The maximum Gasteiger partial charge on any atom is 0.0579 e. The van der Waals surface area contributed by atoms with E-state index in [2.05, 4.69) is 44.3 Å². The second kappa shape index (κ2) is 5.39. The number of rotatable bonds is 5. The van der Waals surface area contributed by atoms with Gasteiger partial charge in [-0.1, -0.05) is 23.8 Å². The standard InChI is InChI=1S/C15H23NO2/c1-11-4-5-14(12(2)6-11)13(3)16-7-15(8-17)9-18-10-15/h4-6,13,16-17H,7-10H2,1-3H3. The zero-order chi connectivity index (χ0) is 13.2. The molecule has 1 aromatic carbocycles. The van der Waals surface area contributed by atoms with Gasteiger partial charge in [0.15, 0.2) is 0 Å². The number of hydrogen-bond donors (Lipinski definition) is 2. The van der Waals surface area contributed by atoms with Gasteiger partial charge in [0.2, 0.25) is 0 Å². The van der Waals surface area contributed by atoms with Gasteiger partial charge in [0.25, 0.3) is 0 Å². The van der Waals surface area contributed by atoms with Crippen molar-refractivity contribution in [2.24, 2.45) is 5.41 Å². The minimum Gasteiger partial charge on any atom is -0.396 e. The van der Waals surface area contributed by atoms with Gasteiger partial charge in [-0.25, -0.2) is 0 Å². The molecule has 0 bridgehead atoms. The number of aliphatic hydroxyl groups excluding tert-OH is 1. The number of aryl methyl sites for hydroxylation is 2. The number of nitrogens with one attached hydrogen (secondary N) is 1. The molecule has 1 aliphatic rings. The summed E-state index contributed by atoms with van der Waals surface area (Å²) in [5.74, 6) is 0. The van der Waals surface area contributed by atoms with Gasteiger partial charge in [-0.2, -0.15) is 0 Å². The predicted octanol–water partition coefficient (Wildman–Crippen LogP) is 1.96. The molecule has 1 aliphatic heterocycles. The van der Waals surface area contributed by atoms with Crippen LogP contribution < -0.4 is 5.32 Å². The summed E-state index contributed by atoms with van der Waals surface area (Å²) in [6, 6.07) is 6.84. The van der Waals surface area contributed by atoms with Crippen molar-refractivity contribution in [1.29, 1.82) is 0 Å². The van der Waals surface area contributed by atoms with E-state index in [-0.39, 0.29) is 12.0 Å². The SMILES string of the molecule is Cc1ccc(C(C)NCC2(CO)COC2)c(C)c1. The maximum atomic E-state index is 9.39. The van der Waals surface area contributed by atoms with Crippen LogP contribution in [0.15, 0.2) is 18.2 Å². The second-order valence-corrected chi connectivity index (χ2v) is 5.61. The van der Waals surface area contributed by atoms with E-state index in [4.69, 9.17) is 4.74 Å². The molecular weight excluding hydrogens is 226 g/mol. The normalized spacial score (nSPS) is 19.3. The highest BCUT2D eigenvalue weighted by atomic mass is 16.5. The predicted molar refractivity (Wildman–Crippen MR) is 72.7 cm³/mol. The van der Waals surface area contributed by atoms with E-state index in [0.717, 1.165) is 6.54 Å². The first-order chi connectivity index (χ1) is 8.56. The molecule has 0 aromatic heterocycles. The summed E-state index contributed by atoms with van der Waals surface area (Å²) in [4.78, 5) is 0. The highest BCUT2D eigenvalue weighted by Gasteiger charge is 2.38. The van der Waals surface area contributed by atoms with Crippen LogP contribution in [-0.2, 0) is 4.74 Å². The molecule has 18 heavy (non-hydrogen) atoms. The Bertz CT molecular complexity index is 407. The third kappa shape index (κ3) is 2.74. The Labute approximate surface area is 109 Å². The molecule has 0 saturated carbocycles. The van der Waals surface area contributed by atoms with Crippen molar-refractivity contribution in [2.75, 3.05) is 26.4 Å². The molecule has 1 unspecified atom stereocenters. The summed E-state index contributed by atoms with van der Waals surface area (Å²) in [7, 11) is 0. The van der Waals surface area contributed by atoms with Crippen LogP contribution in [-0.4, -0.2) is 31.5 Å². The number of aliphatic hydroxyl groups is 1. The molecule has 0 amide bonds. The highest BCUT2D eigenvalue weighted by molar-refractivity contribution is 5.32. The van der Waals surface area contributed by atoms with Gasteiger partial charge in [-0.3, -0.25) is 0 Å². The summed E-state index contributed by atoms with van der Waals surface area (Å²) in [5, 5.41) is 12.9. The van der Waals surface area contributed by atoms with E-state index in [1.165, 1.54) is 16.7 Å². The molecule has 2 rings (SSSR count). The molecule has 3 heteroatoms. The van der Waals surface area contributed by atoms with Crippen LogP contribution in [0.3, 0.4) is 0 Å². The van der Waals surface area contributed by atoms with Crippen molar-refractivity contribution >= 4 is 0 Å². The fourth-order valence-corrected chi connectivity index (χ4v) is 2.43. The van der Waals surface area contributed by atoms with E-state index in [9.17, 15) is 5.11 Å². The molecule has 1 atom stereocenters. The average molecular weight is 249 g/mol. The Hall–Kier alpha value is -0.900. The second-order valence-electron chi connectivity index (χ2n) is 5.61. The molecule has 1 fully saturated rings.